The third kappa shape index (κ3) is 2.82. The second kappa shape index (κ2) is 6.23. The van der Waals surface area contributed by atoms with E-state index in [4.69, 9.17) is 4.74 Å². The molecule has 2 aromatic rings. The summed E-state index contributed by atoms with van der Waals surface area (Å²) in [5.74, 6) is 0.454. The zero-order chi connectivity index (χ0) is 14.5. The molecule has 0 bridgehead atoms. The summed E-state index contributed by atoms with van der Waals surface area (Å²) in [6.45, 7) is 5.22. The minimum Gasteiger partial charge on any atom is -0.496 e. The van der Waals surface area contributed by atoms with Crippen molar-refractivity contribution < 1.29 is 9.53 Å². The molecule has 0 atom stereocenters. The fourth-order valence-corrected chi connectivity index (χ4v) is 2.14. The molecule has 0 fully saturated rings. The number of amides is 1. The van der Waals surface area contributed by atoms with Gasteiger partial charge in [0.2, 0.25) is 0 Å². The average molecular weight is 273 g/mol. The molecule has 0 saturated heterocycles. The van der Waals surface area contributed by atoms with E-state index in [0.717, 1.165) is 17.8 Å². The van der Waals surface area contributed by atoms with Crippen LogP contribution in [0.3, 0.4) is 0 Å². The number of aryl methyl sites for hydroxylation is 2. The molecule has 106 valence electrons. The molecule has 1 aromatic heterocycles. The first-order valence-electron chi connectivity index (χ1n) is 6.58. The molecule has 1 aromatic carbocycles. The van der Waals surface area contributed by atoms with E-state index >= 15 is 0 Å². The van der Waals surface area contributed by atoms with Gasteiger partial charge in [-0.1, -0.05) is 12.1 Å². The van der Waals surface area contributed by atoms with Gasteiger partial charge in [0.15, 0.2) is 0 Å². The quantitative estimate of drug-likeness (QED) is 0.908. The van der Waals surface area contributed by atoms with Gasteiger partial charge in [0.05, 0.1) is 31.2 Å². The summed E-state index contributed by atoms with van der Waals surface area (Å²) in [5.41, 5.74) is 2.46. The predicted octanol–water partition coefficient (Wildman–Crippen LogP) is 2.15. The molecule has 1 N–H and O–H groups in total. The van der Waals surface area contributed by atoms with Crippen molar-refractivity contribution in [1.82, 2.24) is 14.9 Å². The Hall–Kier alpha value is -2.30. The van der Waals surface area contributed by atoms with Gasteiger partial charge >= 0.3 is 0 Å². The Balaban J connectivity index is 2.13. The molecule has 0 radical (unpaired) electrons. The molecular formula is C15H19N3O2. The summed E-state index contributed by atoms with van der Waals surface area (Å²) in [6.07, 6.45) is 3.52. The highest BCUT2D eigenvalue weighted by Gasteiger charge is 2.15. The van der Waals surface area contributed by atoms with Gasteiger partial charge in [0.25, 0.3) is 5.91 Å². The highest BCUT2D eigenvalue weighted by atomic mass is 16.5. The third-order valence-corrected chi connectivity index (χ3v) is 3.25. The summed E-state index contributed by atoms with van der Waals surface area (Å²) in [6, 6.07) is 5.56. The van der Waals surface area contributed by atoms with Crippen molar-refractivity contribution in [2.24, 2.45) is 0 Å². The van der Waals surface area contributed by atoms with Crippen LogP contribution < -0.4 is 10.1 Å². The van der Waals surface area contributed by atoms with Crippen LogP contribution in [0.15, 0.2) is 30.7 Å². The van der Waals surface area contributed by atoms with Crippen LogP contribution in [0.5, 0.6) is 5.75 Å². The van der Waals surface area contributed by atoms with E-state index in [0.29, 0.717) is 17.9 Å². The van der Waals surface area contributed by atoms with Crippen LogP contribution in [-0.4, -0.2) is 22.6 Å². The molecular weight excluding hydrogens is 254 g/mol. The fraction of sp³-hybridized carbons (Fsp3) is 0.333. The molecule has 0 aliphatic rings. The van der Waals surface area contributed by atoms with Crippen molar-refractivity contribution in [2.45, 2.75) is 26.9 Å². The topological polar surface area (TPSA) is 56.2 Å². The SMILES string of the molecule is CCn1cncc1CNC(=O)c1c(C)cccc1OC. The maximum absolute atomic E-state index is 12.3. The van der Waals surface area contributed by atoms with Gasteiger partial charge in [0, 0.05) is 12.7 Å². The molecule has 0 aliphatic heterocycles. The molecule has 5 nitrogen and oxygen atoms in total. The molecule has 1 heterocycles. The van der Waals surface area contributed by atoms with Crippen molar-refractivity contribution >= 4 is 5.91 Å². The number of ether oxygens (including phenoxy) is 1. The second-order valence-corrected chi connectivity index (χ2v) is 4.51. The Bertz CT molecular complexity index is 605. The largest absolute Gasteiger partial charge is 0.496 e. The minimum absolute atomic E-state index is 0.135. The van der Waals surface area contributed by atoms with Crippen LogP contribution in [0.2, 0.25) is 0 Å². The molecule has 0 saturated carbocycles. The van der Waals surface area contributed by atoms with Crippen molar-refractivity contribution in [1.29, 1.82) is 0 Å². The number of hydrogen-bond donors (Lipinski definition) is 1. The van der Waals surface area contributed by atoms with Gasteiger partial charge in [-0.2, -0.15) is 0 Å². The monoisotopic (exact) mass is 273 g/mol. The maximum atomic E-state index is 12.3. The van der Waals surface area contributed by atoms with Gasteiger partial charge in [-0.05, 0) is 25.5 Å². The van der Waals surface area contributed by atoms with Gasteiger partial charge < -0.3 is 14.6 Å². The first-order chi connectivity index (χ1) is 9.67. The molecule has 0 unspecified atom stereocenters. The van der Waals surface area contributed by atoms with Crippen LogP contribution in [-0.2, 0) is 13.1 Å². The Morgan fingerprint density at radius 3 is 2.95 bits per heavy atom. The average Bonchev–Trinajstić information content (AvgIpc) is 2.91. The third-order valence-electron chi connectivity index (χ3n) is 3.25. The van der Waals surface area contributed by atoms with Crippen LogP contribution in [0.25, 0.3) is 0 Å². The lowest BCUT2D eigenvalue weighted by molar-refractivity contribution is 0.0946. The van der Waals surface area contributed by atoms with Gasteiger partial charge in [-0.15, -0.1) is 0 Å². The zero-order valence-electron chi connectivity index (χ0n) is 12.0. The zero-order valence-corrected chi connectivity index (χ0v) is 12.0. The number of rotatable bonds is 5. The summed E-state index contributed by atoms with van der Waals surface area (Å²) < 4.78 is 7.25. The predicted molar refractivity (Wildman–Crippen MR) is 76.8 cm³/mol. The van der Waals surface area contributed by atoms with Crippen molar-refractivity contribution in [3.05, 3.63) is 47.5 Å². The fourth-order valence-electron chi connectivity index (χ4n) is 2.14. The van der Waals surface area contributed by atoms with E-state index in [1.165, 1.54) is 0 Å². The summed E-state index contributed by atoms with van der Waals surface area (Å²) in [7, 11) is 1.57. The van der Waals surface area contributed by atoms with Crippen molar-refractivity contribution in [2.75, 3.05) is 7.11 Å². The van der Waals surface area contributed by atoms with E-state index in [1.807, 2.05) is 30.5 Å². The van der Waals surface area contributed by atoms with E-state index in [1.54, 1.807) is 25.7 Å². The molecule has 5 heteroatoms. The Kier molecular flexibility index (Phi) is 4.40. The number of methoxy groups -OCH3 is 1. The van der Waals surface area contributed by atoms with E-state index in [2.05, 4.69) is 10.3 Å². The first kappa shape index (κ1) is 14.1. The molecule has 0 aliphatic carbocycles. The van der Waals surface area contributed by atoms with Gasteiger partial charge in [0.1, 0.15) is 5.75 Å². The van der Waals surface area contributed by atoms with Crippen LogP contribution in [0, 0.1) is 6.92 Å². The number of carbonyl (C=O) groups is 1. The maximum Gasteiger partial charge on any atom is 0.255 e. The standard InChI is InChI=1S/C15H19N3O2/c1-4-18-10-16-8-12(18)9-17-15(19)14-11(2)6-5-7-13(14)20-3/h5-8,10H,4,9H2,1-3H3,(H,17,19). The lowest BCUT2D eigenvalue weighted by Gasteiger charge is -2.12. The lowest BCUT2D eigenvalue weighted by Crippen LogP contribution is -2.25. The molecule has 1 amide bonds. The Labute approximate surface area is 118 Å². The summed E-state index contributed by atoms with van der Waals surface area (Å²) in [4.78, 5) is 16.4. The normalized spacial score (nSPS) is 10.3. The number of benzene rings is 1. The Morgan fingerprint density at radius 2 is 2.25 bits per heavy atom. The van der Waals surface area contributed by atoms with Crippen LogP contribution in [0.4, 0.5) is 0 Å². The van der Waals surface area contributed by atoms with Crippen LogP contribution in [0.1, 0.15) is 28.5 Å². The molecule has 20 heavy (non-hydrogen) atoms. The Morgan fingerprint density at radius 1 is 1.45 bits per heavy atom. The van der Waals surface area contributed by atoms with Crippen molar-refractivity contribution in [3.63, 3.8) is 0 Å². The molecule has 0 spiro atoms. The molecule has 2 rings (SSSR count). The van der Waals surface area contributed by atoms with E-state index in [-0.39, 0.29) is 5.91 Å². The van der Waals surface area contributed by atoms with Crippen LogP contribution >= 0.6 is 0 Å². The number of imidazole rings is 1. The van der Waals surface area contributed by atoms with E-state index in [9.17, 15) is 4.79 Å². The smallest absolute Gasteiger partial charge is 0.255 e. The number of carbonyl (C=O) groups excluding carboxylic acids is 1. The minimum atomic E-state index is -0.135. The number of nitrogens with one attached hydrogen (secondary N) is 1. The summed E-state index contributed by atoms with van der Waals surface area (Å²) >= 11 is 0. The highest BCUT2D eigenvalue weighted by molar-refractivity contribution is 5.98. The van der Waals surface area contributed by atoms with Gasteiger partial charge in [-0.3, -0.25) is 4.79 Å². The first-order valence-corrected chi connectivity index (χ1v) is 6.58. The number of hydrogen-bond acceptors (Lipinski definition) is 3. The van der Waals surface area contributed by atoms with E-state index < -0.39 is 0 Å². The number of nitrogens with zero attached hydrogens (tertiary/aromatic N) is 2. The number of aromatic nitrogens is 2. The van der Waals surface area contributed by atoms with Gasteiger partial charge in [-0.25, -0.2) is 4.98 Å². The van der Waals surface area contributed by atoms with Crippen molar-refractivity contribution in [3.8, 4) is 5.75 Å². The summed E-state index contributed by atoms with van der Waals surface area (Å²) in [5, 5.41) is 2.91. The second-order valence-electron chi connectivity index (χ2n) is 4.51. The lowest BCUT2D eigenvalue weighted by atomic mass is 10.1. The highest BCUT2D eigenvalue weighted by Crippen LogP contribution is 2.21.